The maximum atomic E-state index is 12.1. The molecule has 0 radical (unpaired) electrons. The minimum atomic E-state index is -0.400. The van der Waals surface area contributed by atoms with Crippen LogP contribution in [0.1, 0.15) is 37.7 Å². The molecular formula is C17H26N2OS. The lowest BCUT2D eigenvalue weighted by Crippen LogP contribution is -2.46. The predicted molar refractivity (Wildman–Crippen MR) is 90.4 cm³/mol. The number of amides is 1. The molecule has 0 bridgehead atoms. The van der Waals surface area contributed by atoms with E-state index in [0.717, 1.165) is 24.5 Å². The fourth-order valence-corrected chi connectivity index (χ4v) is 3.59. The molecule has 0 heterocycles. The van der Waals surface area contributed by atoms with E-state index in [0.29, 0.717) is 12.5 Å². The number of thioether (sulfide) groups is 1. The summed E-state index contributed by atoms with van der Waals surface area (Å²) in [6.45, 7) is 0. The van der Waals surface area contributed by atoms with E-state index in [9.17, 15) is 4.79 Å². The van der Waals surface area contributed by atoms with E-state index in [-0.39, 0.29) is 5.91 Å². The van der Waals surface area contributed by atoms with Crippen molar-refractivity contribution in [3.8, 4) is 0 Å². The van der Waals surface area contributed by atoms with Crippen LogP contribution in [0.2, 0.25) is 0 Å². The van der Waals surface area contributed by atoms with Gasteiger partial charge < -0.3 is 11.1 Å². The van der Waals surface area contributed by atoms with Crippen LogP contribution in [0.5, 0.6) is 0 Å². The number of hydrogen-bond donors (Lipinski definition) is 2. The normalized spacial score (nSPS) is 23.5. The van der Waals surface area contributed by atoms with Gasteiger partial charge in [-0.05, 0) is 50.3 Å². The van der Waals surface area contributed by atoms with Crippen LogP contribution < -0.4 is 11.1 Å². The van der Waals surface area contributed by atoms with Gasteiger partial charge in [-0.25, -0.2) is 0 Å². The van der Waals surface area contributed by atoms with Gasteiger partial charge in [0, 0.05) is 11.3 Å². The Morgan fingerprint density at radius 1 is 1.29 bits per heavy atom. The van der Waals surface area contributed by atoms with Gasteiger partial charge >= 0.3 is 0 Å². The van der Waals surface area contributed by atoms with Gasteiger partial charge in [0.2, 0.25) is 5.91 Å². The number of benzene rings is 1. The molecule has 1 aromatic carbocycles. The third-order valence-corrected chi connectivity index (χ3v) is 5.42. The summed E-state index contributed by atoms with van der Waals surface area (Å²) in [6.07, 6.45) is 8.30. The fraction of sp³-hybridized carbons (Fsp3) is 0.588. The molecule has 1 amide bonds. The number of rotatable bonds is 6. The first kappa shape index (κ1) is 16.4. The van der Waals surface area contributed by atoms with Crippen molar-refractivity contribution in [3.05, 3.63) is 35.9 Å². The van der Waals surface area contributed by atoms with Gasteiger partial charge in [-0.1, -0.05) is 30.3 Å². The number of aryl methyl sites for hydroxylation is 1. The molecule has 0 saturated heterocycles. The number of nitrogens with one attached hydrogen (secondary N) is 1. The van der Waals surface area contributed by atoms with Crippen molar-refractivity contribution in [2.75, 3.05) is 6.26 Å². The molecule has 1 unspecified atom stereocenters. The lowest BCUT2D eigenvalue weighted by atomic mass is 9.94. The number of nitrogens with two attached hydrogens (primary N) is 1. The van der Waals surface area contributed by atoms with E-state index in [4.69, 9.17) is 5.73 Å². The van der Waals surface area contributed by atoms with Gasteiger partial charge in [0.05, 0.1) is 6.04 Å². The molecule has 0 aliphatic heterocycles. The Balaban J connectivity index is 1.70. The molecule has 0 spiro atoms. The number of hydrogen-bond acceptors (Lipinski definition) is 3. The van der Waals surface area contributed by atoms with Crippen LogP contribution in [0.25, 0.3) is 0 Å². The zero-order valence-electron chi connectivity index (χ0n) is 12.8. The summed E-state index contributed by atoms with van der Waals surface area (Å²) in [5.74, 6) is 0.0125. The minimum absolute atomic E-state index is 0.0125. The molecule has 4 heteroatoms. The summed E-state index contributed by atoms with van der Waals surface area (Å²) < 4.78 is 0. The van der Waals surface area contributed by atoms with Crippen molar-refractivity contribution in [1.82, 2.24) is 5.32 Å². The maximum absolute atomic E-state index is 12.1. The standard InChI is InChI=1S/C17H26N2OS/c1-21-15-10-8-14(9-11-15)19-17(20)16(18)12-7-13-5-3-2-4-6-13/h2-6,14-16H,7-12,18H2,1H3,(H,19,20). The summed E-state index contributed by atoms with van der Waals surface area (Å²) in [5.41, 5.74) is 7.26. The van der Waals surface area contributed by atoms with E-state index in [1.165, 1.54) is 18.4 Å². The molecule has 116 valence electrons. The fourth-order valence-electron chi connectivity index (χ4n) is 2.85. The molecule has 0 aromatic heterocycles. The van der Waals surface area contributed by atoms with Crippen molar-refractivity contribution in [1.29, 1.82) is 0 Å². The molecule has 1 aliphatic carbocycles. The lowest BCUT2D eigenvalue weighted by molar-refractivity contribution is -0.123. The quantitative estimate of drug-likeness (QED) is 0.849. The molecule has 21 heavy (non-hydrogen) atoms. The van der Waals surface area contributed by atoms with Crippen molar-refractivity contribution in [2.45, 2.75) is 55.9 Å². The Morgan fingerprint density at radius 3 is 2.57 bits per heavy atom. The Labute approximate surface area is 132 Å². The van der Waals surface area contributed by atoms with E-state index >= 15 is 0 Å². The van der Waals surface area contributed by atoms with Gasteiger partial charge in [0.15, 0.2) is 0 Å². The second-order valence-corrected chi connectivity index (χ2v) is 6.99. The first-order chi connectivity index (χ1) is 10.2. The van der Waals surface area contributed by atoms with Gasteiger partial charge in [0.1, 0.15) is 0 Å². The highest BCUT2D eigenvalue weighted by atomic mass is 32.2. The molecule has 1 aromatic rings. The first-order valence-corrected chi connectivity index (χ1v) is 9.10. The Hall–Kier alpha value is -1.00. The van der Waals surface area contributed by atoms with Crippen molar-refractivity contribution in [3.63, 3.8) is 0 Å². The molecule has 1 aliphatic rings. The molecule has 3 N–H and O–H groups in total. The molecule has 1 saturated carbocycles. The monoisotopic (exact) mass is 306 g/mol. The van der Waals surface area contributed by atoms with E-state index < -0.39 is 6.04 Å². The summed E-state index contributed by atoms with van der Waals surface area (Å²) in [5, 5.41) is 3.89. The second kappa shape index (κ2) is 8.44. The van der Waals surface area contributed by atoms with Crippen molar-refractivity contribution >= 4 is 17.7 Å². The minimum Gasteiger partial charge on any atom is -0.352 e. The Bertz CT molecular complexity index is 430. The molecule has 1 atom stereocenters. The number of carbonyl (C=O) groups excluding carboxylic acids is 1. The lowest BCUT2D eigenvalue weighted by Gasteiger charge is -2.28. The van der Waals surface area contributed by atoms with Crippen LogP contribution in [-0.4, -0.2) is 29.5 Å². The zero-order valence-corrected chi connectivity index (χ0v) is 13.6. The maximum Gasteiger partial charge on any atom is 0.237 e. The Kier molecular flexibility index (Phi) is 6.58. The number of carbonyl (C=O) groups is 1. The highest BCUT2D eigenvalue weighted by Crippen LogP contribution is 2.26. The van der Waals surface area contributed by atoms with E-state index in [1.54, 1.807) is 0 Å². The SMILES string of the molecule is CSC1CCC(NC(=O)C(N)CCc2ccccc2)CC1. The van der Waals surface area contributed by atoms with Gasteiger partial charge in [-0.3, -0.25) is 4.79 Å². The molecule has 1 fully saturated rings. The van der Waals surface area contributed by atoms with Gasteiger partial charge in [0.25, 0.3) is 0 Å². The van der Waals surface area contributed by atoms with Crippen LogP contribution in [0, 0.1) is 0 Å². The second-order valence-electron chi connectivity index (χ2n) is 5.85. The van der Waals surface area contributed by atoms with E-state index in [1.807, 2.05) is 30.0 Å². The average molecular weight is 306 g/mol. The van der Waals surface area contributed by atoms with Crippen LogP contribution in [0.3, 0.4) is 0 Å². The summed E-state index contributed by atoms with van der Waals surface area (Å²) in [4.78, 5) is 12.1. The van der Waals surface area contributed by atoms with Crippen LogP contribution in [0.15, 0.2) is 30.3 Å². The van der Waals surface area contributed by atoms with Crippen LogP contribution >= 0.6 is 11.8 Å². The molecular weight excluding hydrogens is 280 g/mol. The summed E-state index contributed by atoms with van der Waals surface area (Å²) in [6, 6.07) is 10.1. The third kappa shape index (κ3) is 5.36. The van der Waals surface area contributed by atoms with Gasteiger partial charge in [-0.2, -0.15) is 11.8 Å². The highest BCUT2D eigenvalue weighted by Gasteiger charge is 2.23. The molecule has 3 nitrogen and oxygen atoms in total. The van der Waals surface area contributed by atoms with Crippen molar-refractivity contribution in [2.24, 2.45) is 5.73 Å². The average Bonchev–Trinajstić information content (AvgIpc) is 2.54. The largest absolute Gasteiger partial charge is 0.352 e. The summed E-state index contributed by atoms with van der Waals surface area (Å²) >= 11 is 1.94. The predicted octanol–water partition coefficient (Wildman–Crippen LogP) is 2.74. The van der Waals surface area contributed by atoms with Crippen molar-refractivity contribution < 1.29 is 4.79 Å². The van der Waals surface area contributed by atoms with E-state index in [2.05, 4.69) is 23.7 Å². The Morgan fingerprint density at radius 2 is 1.95 bits per heavy atom. The van der Waals surface area contributed by atoms with Gasteiger partial charge in [-0.15, -0.1) is 0 Å². The topological polar surface area (TPSA) is 55.1 Å². The zero-order chi connectivity index (χ0) is 15.1. The summed E-state index contributed by atoms with van der Waals surface area (Å²) in [7, 11) is 0. The first-order valence-electron chi connectivity index (χ1n) is 7.81. The highest BCUT2D eigenvalue weighted by molar-refractivity contribution is 7.99. The smallest absolute Gasteiger partial charge is 0.237 e. The third-order valence-electron chi connectivity index (χ3n) is 4.28. The molecule has 2 rings (SSSR count). The van der Waals surface area contributed by atoms with Crippen LogP contribution in [-0.2, 0) is 11.2 Å². The van der Waals surface area contributed by atoms with Crippen LogP contribution in [0.4, 0.5) is 0 Å².